The van der Waals surface area contributed by atoms with Crippen molar-refractivity contribution in [2.75, 3.05) is 18.5 Å². The second-order valence-corrected chi connectivity index (χ2v) is 8.66. The first kappa shape index (κ1) is 24.2. The lowest BCUT2D eigenvalue weighted by atomic mass is 10.1. The van der Waals surface area contributed by atoms with Gasteiger partial charge in [0.25, 0.3) is 5.56 Å². The molecule has 0 aliphatic carbocycles. The molecule has 0 aliphatic rings. The first-order valence-corrected chi connectivity index (χ1v) is 12.1. The number of hydrogen-bond donors (Lipinski definition) is 1. The van der Waals surface area contributed by atoms with Gasteiger partial charge in [0.1, 0.15) is 10.8 Å². The number of nitrogens with one attached hydrogen (secondary N) is 1. The van der Waals surface area contributed by atoms with Gasteiger partial charge >= 0.3 is 5.97 Å². The molecule has 0 saturated heterocycles. The average molecular weight is 492 g/mol. The molecule has 0 saturated carbocycles. The number of aryl methyl sites for hydroxylation is 1. The summed E-state index contributed by atoms with van der Waals surface area (Å²) in [6, 6.07) is 14.5. The van der Waals surface area contributed by atoms with E-state index in [1.165, 1.54) is 16.0 Å². The van der Waals surface area contributed by atoms with Crippen LogP contribution in [0.2, 0.25) is 0 Å². The van der Waals surface area contributed by atoms with Crippen LogP contribution in [-0.2, 0) is 16.0 Å². The molecule has 1 N–H and O–H groups in total. The van der Waals surface area contributed by atoms with E-state index in [1.54, 1.807) is 24.4 Å². The van der Waals surface area contributed by atoms with Gasteiger partial charge in [0.2, 0.25) is 5.91 Å². The first-order valence-electron chi connectivity index (χ1n) is 11.2. The molecule has 0 spiro atoms. The Labute approximate surface area is 206 Å². The Kier molecular flexibility index (Phi) is 7.26. The summed E-state index contributed by atoms with van der Waals surface area (Å²) in [6.45, 7) is 6.27. The Bertz CT molecular complexity index is 1420. The van der Waals surface area contributed by atoms with E-state index in [0.717, 1.165) is 16.9 Å². The van der Waals surface area contributed by atoms with Crippen molar-refractivity contribution in [1.29, 1.82) is 0 Å². The summed E-state index contributed by atoms with van der Waals surface area (Å²) >= 11 is 1.17. The maximum absolute atomic E-state index is 13.5. The van der Waals surface area contributed by atoms with E-state index in [-0.39, 0.29) is 30.0 Å². The Balaban J connectivity index is 1.71. The van der Waals surface area contributed by atoms with Gasteiger partial charge in [-0.1, -0.05) is 29.8 Å². The van der Waals surface area contributed by atoms with Gasteiger partial charge in [-0.3, -0.25) is 9.59 Å². The van der Waals surface area contributed by atoms with Crippen LogP contribution < -0.4 is 15.6 Å². The van der Waals surface area contributed by atoms with E-state index in [9.17, 15) is 14.4 Å². The summed E-state index contributed by atoms with van der Waals surface area (Å²) in [5, 5.41) is 9.71. The average Bonchev–Trinajstić information content (AvgIpc) is 3.25. The van der Waals surface area contributed by atoms with Crippen LogP contribution in [0.15, 0.2) is 58.7 Å². The lowest BCUT2D eigenvalue weighted by Gasteiger charge is -2.10. The number of hydrogen-bond acceptors (Lipinski definition) is 7. The number of aromatic nitrogens is 2. The summed E-state index contributed by atoms with van der Waals surface area (Å²) in [7, 11) is 0. The number of rotatable bonds is 8. The normalized spacial score (nSPS) is 10.8. The predicted molar refractivity (Wildman–Crippen MR) is 136 cm³/mol. The number of amides is 1. The van der Waals surface area contributed by atoms with Crippen molar-refractivity contribution in [3.05, 3.63) is 81.1 Å². The molecule has 4 rings (SSSR count). The van der Waals surface area contributed by atoms with Gasteiger partial charge in [-0.25, -0.2) is 4.79 Å². The van der Waals surface area contributed by atoms with Crippen LogP contribution in [0.5, 0.6) is 5.75 Å². The molecule has 180 valence electrons. The highest BCUT2D eigenvalue weighted by Crippen LogP contribution is 2.31. The highest BCUT2D eigenvalue weighted by molar-refractivity contribution is 7.16. The lowest BCUT2D eigenvalue weighted by molar-refractivity contribution is -0.115. The van der Waals surface area contributed by atoms with Crippen LogP contribution in [-0.4, -0.2) is 34.9 Å². The zero-order chi connectivity index (χ0) is 24.9. The van der Waals surface area contributed by atoms with Crippen LogP contribution in [0.4, 0.5) is 5.00 Å². The predicted octanol–water partition coefficient (Wildman–Crippen LogP) is 4.51. The van der Waals surface area contributed by atoms with Crippen molar-refractivity contribution in [2.45, 2.75) is 27.2 Å². The van der Waals surface area contributed by atoms with Gasteiger partial charge < -0.3 is 14.8 Å². The number of thiophene rings is 1. The van der Waals surface area contributed by atoms with Crippen LogP contribution in [0.1, 0.15) is 35.5 Å². The largest absolute Gasteiger partial charge is 0.494 e. The number of esters is 1. The Hall–Kier alpha value is -3.98. The fourth-order valence-corrected chi connectivity index (χ4v) is 4.53. The highest BCUT2D eigenvalue weighted by Gasteiger charge is 2.23. The number of benzene rings is 2. The molecule has 2 aromatic heterocycles. The molecular formula is C26H25N3O5S. The maximum atomic E-state index is 13.5. The zero-order valence-corrected chi connectivity index (χ0v) is 20.5. The van der Waals surface area contributed by atoms with E-state index in [4.69, 9.17) is 9.47 Å². The van der Waals surface area contributed by atoms with Crippen LogP contribution in [0.25, 0.3) is 16.5 Å². The Morgan fingerprint density at radius 3 is 2.40 bits per heavy atom. The number of carbonyl (C=O) groups excluding carboxylic acids is 2. The van der Waals surface area contributed by atoms with E-state index < -0.39 is 11.5 Å². The zero-order valence-electron chi connectivity index (χ0n) is 19.7. The van der Waals surface area contributed by atoms with Crippen molar-refractivity contribution < 1.29 is 19.1 Å². The molecule has 4 aromatic rings. The molecule has 0 fully saturated rings. The summed E-state index contributed by atoms with van der Waals surface area (Å²) < 4.78 is 11.8. The van der Waals surface area contributed by atoms with E-state index >= 15 is 0 Å². The van der Waals surface area contributed by atoms with Gasteiger partial charge in [-0.05, 0) is 50.6 Å². The monoisotopic (exact) mass is 491 g/mol. The molecule has 0 bridgehead atoms. The van der Waals surface area contributed by atoms with Gasteiger partial charge in [0.15, 0.2) is 5.69 Å². The molecule has 0 radical (unpaired) electrons. The first-order chi connectivity index (χ1) is 16.9. The quantitative estimate of drug-likeness (QED) is 0.364. The second-order valence-electron chi connectivity index (χ2n) is 7.78. The van der Waals surface area contributed by atoms with Crippen molar-refractivity contribution in [3.63, 3.8) is 0 Å². The standard InChI is InChI=1S/C26H25N3O5S/c1-4-33-19-12-8-17(9-13-19)14-21(30)27-24-22-20(15-35-24)23(26(32)34-5-2)28-29(25(22)31)18-10-6-16(3)7-11-18/h6-13,15H,4-5,14H2,1-3H3,(H,27,30). The molecular weight excluding hydrogens is 466 g/mol. The number of fused-ring (bicyclic) bond motifs is 1. The highest BCUT2D eigenvalue weighted by atomic mass is 32.1. The van der Waals surface area contributed by atoms with Gasteiger partial charge in [-0.15, -0.1) is 11.3 Å². The van der Waals surface area contributed by atoms with Crippen LogP contribution in [0, 0.1) is 6.92 Å². The molecule has 9 heteroatoms. The molecule has 2 heterocycles. The maximum Gasteiger partial charge on any atom is 0.359 e. The number of carbonyl (C=O) groups is 2. The topological polar surface area (TPSA) is 99.5 Å². The third-order valence-electron chi connectivity index (χ3n) is 5.25. The number of nitrogens with zero attached hydrogens (tertiary/aromatic N) is 2. The third kappa shape index (κ3) is 5.25. The van der Waals surface area contributed by atoms with E-state index in [2.05, 4.69) is 10.4 Å². The molecule has 0 unspecified atom stereocenters. The second kappa shape index (κ2) is 10.5. The fraction of sp³-hybridized carbons (Fsp3) is 0.231. The van der Waals surface area contributed by atoms with Gasteiger partial charge in [-0.2, -0.15) is 9.78 Å². The summed E-state index contributed by atoms with van der Waals surface area (Å²) in [4.78, 5) is 38.9. The molecule has 0 aliphatic heterocycles. The molecule has 35 heavy (non-hydrogen) atoms. The minimum atomic E-state index is -0.636. The van der Waals surface area contributed by atoms with Crippen molar-refractivity contribution >= 4 is 39.0 Å². The summed E-state index contributed by atoms with van der Waals surface area (Å²) in [5.74, 6) is -0.186. The third-order valence-corrected chi connectivity index (χ3v) is 6.15. The minimum absolute atomic E-state index is 0.0188. The smallest absolute Gasteiger partial charge is 0.359 e. The van der Waals surface area contributed by atoms with E-state index in [0.29, 0.717) is 22.7 Å². The Morgan fingerprint density at radius 1 is 1.03 bits per heavy atom. The SMILES string of the molecule is CCOC(=O)c1nn(-c2ccc(C)cc2)c(=O)c2c(NC(=O)Cc3ccc(OCC)cc3)scc12. The number of ether oxygens (including phenoxy) is 2. The summed E-state index contributed by atoms with van der Waals surface area (Å²) in [6.07, 6.45) is 0.119. The Morgan fingerprint density at radius 2 is 1.74 bits per heavy atom. The molecule has 2 aromatic carbocycles. The van der Waals surface area contributed by atoms with Crippen molar-refractivity contribution in [1.82, 2.24) is 9.78 Å². The lowest BCUT2D eigenvalue weighted by Crippen LogP contribution is -2.25. The van der Waals surface area contributed by atoms with Crippen LogP contribution in [0.3, 0.4) is 0 Å². The molecule has 0 atom stereocenters. The van der Waals surface area contributed by atoms with Crippen LogP contribution >= 0.6 is 11.3 Å². The fourth-order valence-electron chi connectivity index (χ4n) is 3.58. The number of anilines is 1. The van der Waals surface area contributed by atoms with Crippen molar-refractivity contribution in [3.8, 4) is 11.4 Å². The van der Waals surface area contributed by atoms with Crippen molar-refractivity contribution in [2.24, 2.45) is 0 Å². The van der Waals surface area contributed by atoms with Gasteiger partial charge in [0, 0.05) is 10.8 Å². The summed E-state index contributed by atoms with van der Waals surface area (Å²) in [5.41, 5.74) is 1.91. The molecule has 1 amide bonds. The van der Waals surface area contributed by atoms with E-state index in [1.807, 2.05) is 50.2 Å². The molecule has 8 nitrogen and oxygen atoms in total. The minimum Gasteiger partial charge on any atom is -0.494 e. The van der Waals surface area contributed by atoms with Gasteiger partial charge in [0.05, 0.1) is 30.7 Å².